The van der Waals surface area contributed by atoms with Crippen molar-refractivity contribution in [2.45, 2.75) is 12.8 Å². The van der Waals surface area contributed by atoms with Crippen molar-refractivity contribution < 1.29 is 13.9 Å². The second-order valence-electron chi connectivity index (χ2n) is 5.87. The van der Waals surface area contributed by atoms with E-state index in [-0.39, 0.29) is 18.1 Å². The Labute approximate surface area is 155 Å². The van der Waals surface area contributed by atoms with Gasteiger partial charge in [0.15, 0.2) is 0 Å². The smallest absolute Gasteiger partial charge is 0.223 e. The molecule has 1 aromatic heterocycles. The lowest BCUT2D eigenvalue weighted by Crippen LogP contribution is -2.27. The van der Waals surface area contributed by atoms with Crippen LogP contribution in [0.3, 0.4) is 0 Å². The molecule has 136 valence electrons. The summed E-state index contributed by atoms with van der Waals surface area (Å²) in [5.74, 6) is 1.09. The van der Waals surface area contributed by atoms with Crippen molar-refractivity contribution in [3.63, 3.8) is 0 Å². The lowest BCUT2D eigenvalue weighted by Gasteiger charge is -2.07. The van der Waals surface area contributed by atoms with Gasteiger partial charge in [0.05, 0.1) is 24.1 Å². The fraction of sp³-hybridized carbons (Fsp3) is 0.263. The Kier molecular flexibility index (Phi) is 5.73. The van der Waals surface area contributed by atoms with Crippen molar-refractivity contribution in [2.75, 3.05) is 13.2 Å². The maximum atomic E-state index is 13.3. The third-order valence-corrected chi connectivity index (χ3v) is 4.27. The maximum absolute atomic E-state index is 13.3. The summed E-state index contributed by atoms with van der Waals surface area (Å²) in [6, 6.07) is 11.5. The fourth-order valence-electron chi connectivity index (χ4n) is 2.63. The average Bonchev–Trinajstić information content (AvgIpc) is 2.92. The number of benzene rings is 2. The number of fused-ring (bicyclic) bond motifs is 1. The maximum Gasteiger partial charge on any atom is 0.223 e. The number of carbonyl (C=O) groups excluding carboxylic acids is 1. The van der Waals surface area contributed by atoms with Crippen molar-refractivity contribution in [3.05, 3.63) is 59.1 Å². The van der Waals surface area contributed by atoms with Crippen LogP contribution in [0.15, 0.2) is 42.5 Å². The first kappa shape index (κ1) is 18.2. The summed E-state index contributed by atoms with van der Waals surface area (Å²) in [4.78, 5) is 16.4. The largest absolute Gasteiger partial charge is 0.493 e. The SMILES string of the molecule is Cn1c(CCNC(=O)CCOc2ccc(Cl)cc2)nc2ccc(F)cc21. The average molecular weight is 376 g/mol. The van der Waals surface area contributed by atoms with Crippen molar-refractivity contribution >= 4 is 28.5 Å². The molecule has 1 amide bonds. The molecular formula is C19H19ClFN3O2. The molecule has 0 aliphatic rings. The molecule has 0 saturated carbocycles. The highest BCUT2D eigenvalue weighted by atomic mass is 35.5. The van der Waals surface area contributed by atoms with Crippen molar-refractivity contribution in [2.24, 2.45) is 7.05 Å². The number of amides is 1. The van der Waals surface area contributed by atoms with Gasteiger partial charge in [0.1, 0.15) is 17.4 Å². The van der Waals surface area contributed by atoms with Crippen LogP contribution in [0.25, 0.3) is 11.0 Å². The molecule has 0 aliphatic heterocycles. The normalized spacial score (nSPS) is 10.9. The third kappa shape index (κ3) is 4.52. The van der Waals surface area contributed by atoms with E-state index in [9.17, 15) is 9.18 Å². The number of carbonyl (C=O) groups is 1. The molecule has 1 heterocycles. The number of nitrogens with zero attached hydrogens (tertiary/aromatic N) is 2. The van der Waals surface area contributed by atoms with E-state index in [1.54, 1.807) is 30.3 Å². The molecule has 3 rings (SSSR count). The number of halogens is 2. The molecule has 1 N–H and O–H groups in total. The molecule has 0 spiro atoms. The van der Waals surface area contributed by atoms with Crippen LogP contribution in [0.5, 0.6) is 5.75 Å². The number of hydrogen-bond acceptors (Lipinski definition) is 3. The molecule has 26 heavy (non-hydrogen) atoms. The van der Waals surface area contributed by atoms with E-state index in [0.717, 1.165) is 16.9 Å². The Balaban J connectivity index is 1.43. The summed E-state index contributed by atoms with van der Waals surface area (Å²) in [6.07, 6.45) is 0.826. The number of aromatic nitrogens is 2. The van der Waals surface area contributed by atoms with Crippen LogP contribution in [-0.2, 0) is 18.3 Å². The summed E-state index contributed by atoms with van der Waals surface area (Å²) in [7, 11) is 1.84. The number of aryl methyl sites for hydroxylation is 1. The van der Waals surface area contributed by atoms with Gasteiger partial charge in [0, 0.05) is 25.0 Å². The van der Waals surface area contributed by atoms with Crippen LogP contribution in [0.2, 0.25) is 5.02 Å². The van der Waals surface area contributed by atoms with Gasteiger partial charge in [-0.2, -0.15) is 0 Å². The Morgan fingerprint density at radius 1 is 1.27 bits per heavy atom. The first-order chi connectivity index (χ1) is 12.5. The number of imidazole rings is 1. The minimum atomic E-state index is -0.291. The van der Waals surface area contributed by atoms with Gasteiger partial charge in [-0.15, -0.1) is 0 Å². The van der Waals surface area contributed by atoms with Gasteiger partial charge in [-0.3, -0.25) is 4.79 Å². The molecule has 0 atom stereocenters. The lowest BCUT2D eigenvalue weighted by molar-refractivity contribution is -0.121. The number of nitrogens with one attached hydrogen (secondary N) is 1. The van der Waals surface area contributed by atoms with E-state index in [2.05, 4.69) is 10.3 Å². The van der Waals surface area contributed by atoms with E-state index in [1.807, 2.05) is 11.6 Å². The van der Waals surface area contributed by atoms with Gasteiger partial charge in [-0.05, 0) is 42.5 Å². The Morgan fingerprint density at radius 3 is 2.81 bits per heavy atom. The summed E-state index contributed by atoms with van der Waals surface area (Å²) < 4.78 is 20.7. The topological polar surface area (TPSA) is 56.2 Å². The first-order valence-electron chi connectivity index (χ1n) is 8.29. The molecule has 0 bridgehead atoms. The van der Waals surface area contributed by atoms with Gasteiger partial charge in [-0.25, -0.2) is 9.37 Å². The van der Waals surface area contributed by atoms with Gasteiger partial charge in [0.25, 0.3) is 0 Å². The Bertz CT molecular complexity index is 909. The van der Waals surface area contributed by atoms with Crippen LogP contribution in [0.4, 0.5) is 4.39 Å². The lowest BCUT2D eigenvalue weighted by atomic mass is 10.3. The zero-order chi connectivity index (χ0) is 18.5. The van der Waals surface area contributed by atoms with Crippen LogP contribution in [0.1, 0.15) is 12.2 Å². The minimum absolute atomic E-state index is 0.0937. The van der Waals surface area contributed by atoms with Crippen LogP contribution in [0, 0.1) is 5.82 Å². The minimum Gasteiger partial charge on any atom is -0.493 e. The number of rotatable bonds is 7. The summed E-state index contributed by atoms with van der Waals surface area (Å²) in [6.45, 7) is 0.748. The highest BCUT2D eigenvalue weighted by Gasteiger charge is 2.09. The van der Waals surface area contributed by atoms with Gasteiger partial charge >= 0.3 is 0 Å². The van der Waals surface area contributed by atoms with E-state index < -0.39 is 0 Å². The van der Waals surface area contributed by atoms with E-state index >= 15 is 0 Å². The molecule has 7 heteroatoms. The summed E-state index contributed by atoms with van der Waals surface area (Å²) in [5, 5.41) is 3.48. The van der Waals surface area contributed by atoms with Crippen molar-refractivity contribution in [1.29, 1.82) is 0 Å². The Morgan fingerprint density at radius 2 is 2.04 bits per heavy atom. The molecule has 3 aromatic rings. The predicted molar refractivity (Wildman–Crippen MR) is 98.9 cm³/mol. The van der Waals surface area contributed by atoms with Gasteiger partial charge in [0.2, 0.25) is 5.91 Å². The number of hydrogen-bond donors (Lipinski definition) is 1. The quantitative estimate of drug-likeness (QED) is 0.687. The summed E-state index contributed by atoms with van der Waals surface area (Å²) in [5.41, 5.74) is 1.48. The zero-order valence-corrected chi connectivity index (χ0v) is 15.1. The zero-order valence-electron chi connectivity index (χ0n) is 14.3. The molecule has 0 aliphatic carbocycles. The predicted octanol–water partition coefficient (Wildman–Crippen LogP) is 3.49. The second kappa shape index (κ2) is 8.19. The van der Waals surface area contributed by atoms with Crippen molar-refractivity contribution in [1.82, 2.24) is 14.9 Å². The first-order valence-corrected chi connectivity index (χ1v) is 8.66. The number of ether oxygens (including phenoxy) is 1. The standard InChI is InChI=1S/C19H19ClFN3O2/c1-24-17-12-14(21)4-7-16(17)23-18(24)8-10-22-19(25)9-11-26-15-5-2-13(20)3-6-15/h2-7,12H,8-11H2,1H3,(H,22,25). The summed E-state index contributed by atoms with van der Waals surface area (Å²) >= 11 is 5.80. The highest BCUT2D eigenvalue weighted by Crippen LogP contribution is 2.17. The van der Waals surface area contributed by atoms with E-state index in [0.29, 0.717) is 30.3 Å². The highest BCUT2D eigenvalue weighted by molar-refractivity contribution is 6.30. The van der Waals surface area contributed by atoms with E-state index in [1.165, 1.54) is 12.1 Å². The molecular weight excluding hydrogens is 357 g/mol. The molecule has 2 aromatic carbocycles. The third-order valence-electron chi connectivity index (χ3n) is 4.02. The van der Waals surface area contributed by atoms with Crippen LogP contribution >= 0.6 is 11.6 Å². The monoisotopic (exact) mass is 375 g/mol. The van der Waals surface area contributed by atoms with Gasteiger partial charge < -0.3 is 14.6 Å². The van der Waals surface area contributed by atoms with Crippen LogP contribution in [-0.4, -0.2) is 28.6 Å². The molecule has 5 nitrogen and oxygen atoms in total. The molecule has 0 unspecified atom stereocenters. The van der Waals surface area contributed by atoms with Crippen LogP contribution < -0.4 is 10.1 Å². The second-order valence-corrected chi connectivity index (χ2v) is 6.31. The Hall–Kier alpha value is -2.60. The van der Waals surface area contributed by atoms with Gasteiger partial charge in [-0.1, -0.05) is 11.6 Å². The molecule has 0 radical (unpaired) electrons. The van der Waals surface area contributed by atoms with Crippen molar-refractivity contribution in [3.8, 4) is 5.75 Å². The van der Waals surface area contributed by atoms with E-state index in [4.69, 9.17) is 16.3 Å². The molecule has 0 saturated heterocycles. The fourth-order valence-corrected chi connectivity index (χ4v) is 2.76. The molecule has 0 fully saturated rings.